The van der Waals surface area contributed by atoms with Gasteiger partial charge in [0.2, 0.25) is 0 Å². The molecular formula is C90H118BrCl8IN8O8. The van der Waals surface area contributed by atoms with Gasteiger partial charge >= 0.3 is 12.2 Å². The van der Waals surface area contributed by atoms with Crippen molar-refractivity contribution in [3.8, 4) is 0 Å². The predicted octanol–water partition coefficient (Wildman–Crippen LogP) is 23.9. The molecule has 8 fully saturated rings. The van der Waals surface area contributed by atoms with Crippen LogP contribution < -0.4 is 10.6 Å². The van der Waals surface area contributed by atoms with E-state index in [0.29, 0.717) is 122 Å². The summed E-state index contributed by atoms with van der Waals surface area (Å²) in [4.78, 5) is 89.1. The van der Waals surface area contributed by atoms with E-state index >= 15 is 0 Å². The minimum absolute atomic E-state index is 0. The van der Waals surface area contributed by atoms with Crippen LogP contribution >= 0.6 is 131 Å². The highest BCUT2D eigenvalue weighted by molar-refractivity contribution is 14.1. The average Bonchev–Trinajstić information content (AvgIpc) is 1.61. The second-order valence-corrected chi connectivity index (χ2v) is 38.5. The third-order valence-electron chi connectivity index (χ3n) is 23.7. The molecule has 4 aliphatic carbocycles. The predicted molar refractivity (Wildman–Crippen MR) is 491 cm³/mol. The normalized spacial score (nSPS) is 19.8. The maximum Gasteiger partial charge on any atom is 0.410 e. The van der Waals surface area contributed by atoms with E-state index in [4.69, 9.17) is 102 Å². The molecule has 4 unspecified atom stereocenters. The Morgan fingerprint density at radius 2 is 0.750 bits per heavy atom. The minimum atomic E-state index is -0.279. The van der Waals surface area contributed by atoms with Crippen molar-refractivity contribution in [1.82, 2.24) is 40.0 Å². The van der Waals surface area contributed by atoms with E-state index in [1.165, 1.54) is 32.2 Å². The first-order chi connectivity index (χ1) is 54.0. The third kappa shape index (κ3) is 28.1. The molecule has 4 heterocycles. The number of likely N-dealkylation sites (tertiary alicyclic amines) is 3. The van der Waals surface area contributed by atoms with Gasteiger partial charge in [0.05, 0.1) is 0 Å². The first-order valence-electron chi connectivity index (χ1n) is 39.3. The van der Waals surface area contributed by atoms with Gasteiger partial charge in [-0.3, -0.25) is 19.2 Å². The average molecular weight is 1930 g/mol. The third-order valence-corrected chi connectivity index (χ3v) is 25.8. The van der Waals surface area contributed by atoms with Crippen LogP contribution in [0.1, 0.15) is 199 Å². The van der Waals surface area contributed by atoms with Crippen LogP contribution in [0.2, 0.25) is 40.2 Å². The molecule has 26 heteroatoms. The SMILES string of the molecule is C.C.CC(C)(C)CCBr.CI.CN(C(=O)c1cc(Cl)cc(Cl)c1)C1CC12CCN(C(=O)OCc1ccccc1)CC2.CN(C(=O)c1cc(Cl)cc(Cl)c1)C1CC12CCN(CCC(C)(C)C)CC2.CN(C(=O)c1cc(Cl)cc(Cl)c1)C1CC12CCNCC2.O=C(NC1CC12CCN(C(=O)OCc1ccccc1)CC2)c1cc(Cl)cc(Cl)c1. The molecule has 4 atom stereocenters. The van der Waals surface area contributed by atoms with Gasteiger partial charge in [0, 0.05) is 139 Å². The lowest BCUT2D eigenvalue weighted by Gasteiger charge is -2.35. The van der Waals surface area contributed by atoms with Crippen molar-refractivity contribution in [2.75, 3.05) is 90.3 Å². The van der Waals surface area contributed by atoms with E-state index in [0.717, 1.165) is 107 Å². The largest absolute Gasteiger partial charge is 0.445 e. The van der Waals surface area contributed by atoms with E-state index < -0.39 is 0 Å². The van der Waals surface area contributed by atoms with Crippen LogP contribution in [0.5, 0.6) is 0 Å². The maximum absolute atomic E-state index is 12.9. The molecule has 4 saturated carbocycles. The molecule has 8 aliphatic rings. The molecule has 0 radical (unpaired) electrons. The van der Waals surface area contributed by atoms with E-state index in [1.807, 2.05) is 96.5 Å². The van der Waals surface area contributed by atoms with Crippen molar-refractivity contribution in [3.63, 3.8) is 0 Å². The number of nitrogens with one attached hydrogen (secondary N) is 2. The highest BCUT2D eigenvalue weighted by Crippen LogP contribution is 2.59. The van der Waals surface area contributed by atoms with Crippen LogP contribution in [0, 0.1) is 32.5 Å². The van der Waals surface area contributed by atoms with Gasteiger partial charge in [-0.25, -0.2) is 9.59 Å². The van der Waals surface area contributed by atoms with Crippen LogP contribution in [0.3, 0.4) is 0 Å². The van der Waals surface area contributed by atoms with Gasteiger partial charge in [0.25, 0.3) is 23.6 Å². The summed E-state index contributed by atoms with van der Waals surface area (Å²) in [6, 6.07) is 40.1. The highest BCUT2D eigenvalue weighted by atomic mass is 127. The van der Waals surface area contributed by atoms with Gasteiger partial charge in [-0.2, -0.15) is 0 Å². The summed E-state index contributed by atoms with van der Waals surface area (Å²) in [5, 5.41) is 11.4. The molecule has 4 saturated heterocycles. The van der Waals surface area contributed by atoms with Crippen LogP contribution in [0.4, 0.5) is 9.59 Å². The number of hydrogen-bond acceptors (Lipinski definition) is 10. The van der Waals surface area contributed by atoms with E-state index in [9.17, 15) is 28.8 Å². The summed E-state index contributed by atoms with van der Waals surface area (Å²) in [6.07, 6.45) is 14.2. The molecule has 4 aliphatic heterocycles. The van der Waals surface area contributed by atoms with Crippen molar-refractivity contribution < 1.29 is 38.2 Å². The van der Waals surface area contributed by atoms with Crippen LogP contribution in [-0.4, -0.2) is 180 Å². The van der Waals surface area contributed by atoms with Gasteiger partial charge in [0.1, 0.15) is 13.2 Å². The smallest absolute Gasteiger partial charge is 0.410 e. The number of hydrogen-bond donors (Lipinski definition) is 2. The summed E-state index contributed by atoms with van der Waals surface area (Å²) in [7, 11) is 5.64. The quantitative estimate of drug-likeness (QED) is 0.0747. The van der Waals surface area contributed by atoms with Crippen molar-refractivity contribution in [1.29, 1.82) is 0 Å². The first-order valence-corrected chi connectivity index (χ1v) is 45.6. The van der Waals surface area contributed by atoms with Gasteiger partial charge in [-0.15, -0.1) is 0 Å². The fourth-order valence-corrected chi connectivity index (χ4v) is 19.4. The standard InChI is InChI=1S/C23H24Cl2N2O3.C22H22Cl2N2O3.C21H30Cl2N2O.C15H18Cl2N2O.C6H13Br.CH3I.2CH4/c1-26(21(28)17-11-18(24)13-19(25)12-17)20-14-23(20)7-9-27(10-8-23)22(29)30-15-16-5-3-2-4-6-16;23-17-10-16(11-18(24)12-17)20(27)25-19-13-22(19)6-8-26(9-7-22)21(28)29-14-15-4-2-1-3-5-15;1-20(2,3)5-8-25-9-6-21(7-10-25)14-18(21)24(4)19(26)15-11-16(22)13-17(23)12-15;1-19(13-9-15(13)2-4-18-5-3-15)14(20)10-6-11(16)8-12(17)7-10;1-6(2,3)4-5-7;1-2;;/h2-6,11-13,20H,7-10,14-15H2,1H3;1-5,10-12,19H,6-9,13-14H2,(H,25,27);11-13,18H,5-10,14H2,1-4H3;6-8,13,18H,2-5,9H2,1H3;4-5H2,1-3H3;1H3;2*1H4. The van der Waals surface area contributed by atoms with Crippen LogP contribution in [0.25, 0.3) is 0 Å². The Kier molecular flexibility index (Phi) is 37.1. The number of carbonyl (C=O) groups is 6. The molecule has 0 aromatic heterocycles. The van der Waals surface area contributed by atoms with Crippen molar-refractivity contribution in [3.05, 3.63) is 207 Å². The first kappa shape index (κ1) is 98.3. The van der Waals surface area contributed by atoms with Gasteiger partial charge in [-0.1, -0.05) is 248 Å². The zero-order chi connectivity index (χ0) is 83.1. The number of halogens is 10. The van der Waals surface area contributed by atoms with Crippen LogP contribution in [-0.2, 0) is 22.7 Å². The Bertz CT molecular complexity index is 4180. The molecule has 0 bridgehead atoms. The Labute approximate surface area is 752 Å². The summed E-state index contributed by atoms with van der Waals surface area (Å²) in [5.41, 5.74) is 5.79. The van der Waals surface area contributed by atoms with Gasteiger partial charge in [0.15, 0.2) is 0 Å². The Balaban J connectivity index is 0.000000207. The number of piperidine rings is 4. The highest BCUT2D eigenvalue weighted by Gasteiger charge is 2.60. The zero-order valence-electron chi connectivity index (χ0n) is 67.1. The minimum Gasteiger partial charge on any atom is -0.445 e. The molecule has 116 heavy (non-hydrogen) atoms. The molecule has 6 amide bonds. The Hall–Kier alpha value is -4.81. The number of carbonyl (C=O) groups excluding carboxylic acids is 6. The second-order valence-electron chi connectivity index (χ2n) is 34.2. The van der Waals surface area contributed by atoms with Crippen LogP contribution in [0.15, 0.2) is 133 Å². The molecule has 6 aromatic rings. The number of nitrogens with zero attached hydrogens (tertiary/aromatic N) is 6. The number of rotatable bonds is 15. The summed E-state index contributed by atoms with van der Waals surface area (Å²) < 4.78 is 10.9. The monoisotopic (exact) mass is 1920 g/mol. The fourth-order valence-electron chi connectivity index (χ4n) is 16.1. The molecule has 6 aromatic carbocycles. The fraction of sp³-hybridized carbons (Fsp3) is 0.533. The number of alkyl halides is 2. The van der Waals surface area contributed by atoms with Crippen molar-refractivity contribution >= 4 is 167 Å². The summed E-state index contributed by atoms with van der Waals surface area (Å²) in [6.45, 7) is 22.4. The van der Waals surface area contributed by atoms with Crippen molar-refractivity contribution in [2.24, 2.45) is 32.5 Å². The van der Waals surface area contributed by atoms with Gasteiger partial charge < -0.3 is 49.5 Å². The Morgan fingerprint density at radius 3 is 1.06 bits per heavy atom. The number of ether oxygens (including phenoxy) is 2. The lowest BCUT2D eigenvalue weighted by Crippen LogP contribution is -2.42. The van der Waals surface area contributed by atoms with E-state index in [2.05, 4.69) is 95.6 Å². The maximum atomic E-state index is 12.9. The summed E-state index contributed by atoms with van der Waals surface area (Å²) in [5.74, 6) is -0.215. The topological polar surface area (TPSA) is 164 Å². The van der Waals surface area contributed by atoms with E-state index in [1.54, 1.807) is 87.5 Å². The van der Waals surface area contributed by atoms with E-state index in [-0.39, 0.29) is 86.8 Å². The molecule has 4 spiro atoms. The lowest BCUT2D eigenvalue weighted by molar-refractivity contribution is 0.0668. The number of amides is 6. The zero-order valence-corrected chi connectivity index (χ0v) is 76.9. The van der Waals surface area contributed by atoms with Gasteiger partial charge in [-0.05, 0) is 244 Å². The Morgan fingerprint density at radius 1 is 0.448 bits per heavy atom. The molecule has 2 N–H and O–H groups in total. The molecular weight excluding hydrogens is 1810 g/mol. The number of benzene rings is 6. The lowest BCUT2D eigenvalue weighted by atomic mass is 9.89. The van der Waals surface area contributed by atoms with Crippen molar-refractivity contribution in [2.45, 2.75) is 184 Å². The second kappa shape index (κ2) is 43.8. The molecule has 14 rings (SSSR count). The molecule has 636 valence electrons. The summed E-state index contributed by atoms with van der Waals surface area (Å²) >= 11 is 53.6. The molecule has 16 nitrogen and oxygen atoms in total.